The number of carbonyl (C=O) groups excluding carboxylic acids is 3. The van der Waals surface area contributed by atoms with Gasteiger partial charge in [-0.05, 0) is 47.9 Å². The molecule has 2 amide bonds. The number of amides is 2. The normalized spacial score (nSPS) is 14.8. The van der Waals surface area contributed by atoms with E-state index in [0.29, 0.717) is 44.9 Å². The Morgan fingerprint density at radius 3 is 2.25 bits per heavy atom. The number of methoxy groups -OCH3 is 1. The predicted octanol–water partition coefficient (Wildman–Crippen LogP) is 4.14. The molecule has 3 rings (SSSR count). The Labute approximate surface area is 214 Å². The minimum atomic E-state index is -0.758. The van der Waals surface area contributed by atoms with Crippen LogP contribution in [0, 0.1) is 11.8 Å². The molecule has 1 fully saturated rings. The van der Waals surface area contributed by atoms with Gasteiger partial charge in [0, 0.05) is 32.4 Å². The number of likely N-dealkylation sites (tertiary alicyclic amines) is 1. The van der Waals surface area contributed by atoms with E-state index in [9.17, 15) is 14.4 Å². The molecular weight excluding hydrogens is 456 g/mol. The van der Waals surface area contributed by atoms with Gasteiger partial charge in [0.05, 0.1) is 7.11 Å². The Hall–Kier alpha value is -3.35. The summed E-state index contributed by atoms with van der Waals surface area (Å²) in [6.07, 6.45) is 2.83. The molecule has 36 heavy (non-hydrogen) atoms. The summed E-state index contributed by atoms with van der Waals surface area (Å²) >= 11 is 0. The van der Waals surface area contributed by atoms with Crippen molar-refractivity contribution >= 4 is 17.8 Å². The van der Waals surface area contributed by atoms with Crippen molar-refractivity contribution in [3.05, 3.63) is 65.7 Å². The monoisotopic (exact) mass is 494 g/mol. The maximum Gasteiger partial charge on any atom is 0.328 e. The lowest BCUT2D eigenvalue weighted by Crippen LogP contribution is -2.44. The number of ether oxygens (including phenoxy) is 2. The van der Waals surface area contributed by atoms with E-state index in [1.807, 2.05) is 73.3 Å². The van der Waals surface area contributed by atoms with Crippen LogP contribution in [-0.2, 0) is 32.1 Å². The Morgan fingerprint density at radius 2 is 1.64 bits per heavy atom. The number of esters is 1. The third-order valence-electron chi connectivity index (χ3n) is 6.46. The lowest BCUT2D eigenvalue weighted by molar-refractivity contribution is -0.145. The molecule has 0 saturated carbocycles. The zero-order valence-electron chi connectivity index (χ0n) is 21.6. The Balaban J connectivity index is 1.48. The van der Waals surface area contributed by atoms with E-state index in [0.717, 1.165) is 29.7 Å². The van der Waals surface area contributed by atoms with Gasteiger partial charge in [0.15, 0.2) is 0 Å². The van der Waals surface area contributed by atoms with Crippen LogP contribution in [0.25, 0.3) is 0 Å². The van der Waals surface area contributed by atoms with Gasteiger partial charge in [-0.15, -0.1) is 0 Å². The van der Waals surface area contributed by atoms with Gasteiger partial charge < -0.3 is 19.7 Å². The van der Waals surface area contributed by atoms with Crippen LogP contribution in [0.4, 0.5) is 0 Å². The van der Waals surface area contributed by atoms with E-state index < -0.39 is 12.0 Å². The second-order valence-corrected chi connectivity index (χ2v) is 9.89. The fourth-order valence-electron chi connectivity index (χ4n) is 4.41. The third-order valence-corrected chi connectivity index (χ3v) is 6.46. The number of nitrogens with zero attached hydrogens (tertiary/aromatic N) is 1. The first-order valence-corrected chi connectivity index (χ1v) is 12.7. The van der Waals surface area contributed by atoms with Gasteiger partial charge in [0.2, 0.25) is 11.8 Å². The first-order valence-electron chi connectivity index (χ1n) is 12.7. The summed E-state index contributed by atoms with van der Waals surface area (Å²) in [5, 5.41) is 2.86. The molecule has 1 heterocycles. The fourth-order valence-corrected chi connectivity index (χ4v) is 4.41. The van der Waals surface area contributed by atoms with Crippen molar-refractivity contribution in [2.45, 2.75) is 58.6 Å². The molecule has 2 aromatic carbocycles. The summed E-state index contributed by atoms with van der Waals surface area (Å²) in [5.41, 5.74) is 1.98. The molecule has 0 spiro atoms. The second kappa shape index (κ2) is 13.7. The fraction of sp³-hybridized carbons (Fsp3) is 0.483. The molecule has 194 valence electrons. The first-order chi connectivity index (χ1) is 17.3. The molecule has 1 saturated heterocycles. The maximum absolute atomic E-state index is 12.7. The quantitative estimate of drug-likeness (QED) is 0.475. The van der Waals surface area contributed by atoms with Crippen molar-refractivity contribution in [2.24, 2.45) is 11.8 Å². The van der Waals surface area contributed by atoms with Crippen molar-refractivity contribution in [1.82, 2.24) is 10.2 Å². The molecular formula is C29H38N2O5. The molecule has 2 aromatic rings. The number of rotatable bonds is 11. The van der Waals surface area contributed by atoms with Gasteiger partial charge in [-0.1, -0.05) is 56.3 Å². The highest BCUT2D eigenvalue weighted by atomic mass is 16.5. The van der Waals surface area contributed by atoms with Gasteiger partial charge in [0.25, 0.3) is 0 Å². The van der Waals surface area contributed by atoms with Crippen LogP contribution >= 0.6 is 0 Å². The SMILES string of the molecule is COC(=O)[C@H](Cc1ccc(OCc2ccccc2)cc1)NC(=O)CC1CCN(C(=O)CC(C)C)CC1. The topological polar surface area (TPSA) is 84.9 Å². The van der Waals surface area contributed by atoms with Gasteiger partial charge in [-0.2, -0.15) is 0 Å². The van der Waals surface area contributed by atoms with E-state index in [1.165, 1.54) is 7.11 Å². The second-order valence-electron chi connectivity index (χ2n) is 9.89. The highest BCUT2D eigenvalue weighted by molar-refractivity contribution is 5.84. The number of piperidine rings is 1. The Bertz CT molecular complexity index is 982. The van der Waals surface area contributed by atoms with E-state index in [1.54, 1.807) is 0 Å². The number of carbonyl (C=O) groups is 3. The van der Waals surface area contributed by atoms with Crippen LogP contribution in [0.2, 0.25) is 0 Å². The van der Waals surface area contributed by atoms with Crippen molar-refractivity contribution in [3.63, 3.8) is 0 Å². The average molecular weight is 495 g/mol. The van der Waals surface area contributed by atoms with Gasteiger partial charge in [-0.3, -0.25) is 9.59 Å². The van der Waals surface area contributed by atoms with Crippen molar-refractivity contribution in [1.29, 1.82) is 0 Å². The first kappa shape index (κ1) is 27.2. The summed E-state index contributed by atoms with van der Waals surface area (Å²) in [6, 6.07) is 16.7. The minimum Gasteiger partial charge on any atom is -0.489 e. The predicted molar refractivity (Wildman–Crippen MR) is 138 cm³/mol. The highest BCUT2D eigenvalue weighted by Crippen LogP contribution is 2.22. The molecule has 1 aliphatic rings. The molecule has 1 aliphatic heterocycles. The van der Waals surface area contributed by atoms with Crippen molar-refractivity contribution in [2.75, 3.05) is 20.2 Å². The molecule has 7 heteroatoms. The molecule has 0 aromatic heterocycles. The smallest absolute Gasteiger partial charge is 0.328 e. The van der Waals surface area contributed by atoms with E-state index in [-0.39, 0.29) is 17.7 Å². The standard InChI is InChI=1S/C29H38N2O5/c1-21(2)17-28(33)31-15-13-23(14-16-31)19-27(32)30-26(29(34)35-3)18-22-9-11-25(12-10-22)36-20-24-7-5-4-6-8-24/h4-12,21,23,26H,13-20H2,1-3H3,(H,30,32)/t26-/m0/s1. The zero-order valence-corrected chi connectivity index (χ0v) is 21.6. The summed E-state index contributed by atoms with van der Waals surface area (Å²) < 4.78 is 10.8. The zero-order chi connectivity index (χ0) is 25.9. The minimum absolute atomic E-state index is 0.167. The lowest BCUT2D eigenvalue weighted by atomic mass is 9.92. The van der Waals surface area contributed by atoms with E-state index in [4.69, 9.17) is 9.47 Å². The lowest BCUT2D eigenvalue weighted by Gasteiger charge is -2.32. The number of hydrogen-bond acceptors (Lipinski definition) is 5. The van der Waals surface area contributed by atoms with Crippen LogP contribution in [0.5, 0.6) is 5.75 Å². The van der Waals surface area contributed by atoms with Crippen LogP contribution in [0.15, 0.2) is 54.6 Å². The molecule has 1 atom stereocenters. The molecule has 0 bridgehead atoms. The van der Waals surface area contributed by atoms with E-state index in [2.05, 4.69) is 5.32 Å². The largest absolute Gasteiger partial charge is 0.489 e. The summed E-state index contributed by atoms with van der Waals surface area (Å²) in [6.45, 7) is 5.93. The highest BCUT2D eigenvalue weighted by Gasteiger charge is 2.27. The maximum atomic E-state index is 12.7. The van der Waals surface area contributed by atoms with Gasteiger partial charge in [-0.25, -0.2) is 4.79 Å². The molecule has 0 radical (unpaired) electrons. The number of benzene rings is 2. The van der Waals surface area contributed by atoms with Gasteiger partial charge in [0.1, 0.15) is 18.4 Å². The van der Waals surface area contributed by atoms with Crippen LogP contribution < -0.4 is 10.1 Å². The van der Waals surface area contributed by atoms with Crippen LogP contribution in [0.3, 0.4) is 0 Å². The summed E-state index contributed by atoms with van der Waals surface area (Å²) in [5.74, 6) is 0.832. The molecule has 0 unspecified atom stereocenters. The van der Waals surface area contributed by atoms with Crippen LogP contribution in [0.1, 0.15) is 50.7 Å². The van der Waals surface area contributed by atoms with E-state index >= 15 is 0 Å². The summed E-state index contributed by atoms with van der Waals surface area (Å²) in [7, 11) is 1.33. The third kappa shape index (κ3) is 8.70. The Kier molecular flexibility index (Phi) is 10.3. The number of hydrogen-bond donors (Lipinski definition) is 1. The summed E-state index contributed by atoms with van der Waals surface area (Å²) in [4.78, 5) is 39.3. The van der Waals surface area contributed by atoms with Crippen LogP contribution in [-0.4, -0.2) is 48.9 Å². The Morgan fingerprint density at radius 1 is 0.972 bits per heavy atom. The van der Waals surface area contributed by atoms with Crippen molar-refractivity contribution < 1.29 is 23.9 Å². The number of nitrogens with one attached hydrogen (secondary N) is 1. The molecule has 7 nitrogen and oxygen atoms in total. The average Bonchev–Trinajstić information content (AvgIpc) is 2.88. The molecule has 1 N–H and O–H groups in total. The van der Waals surface area contributed by atoms with Gasteiger partial charge >= 0.3 is 5.97 Å². The molecule has 0 aliphatic carbocycles. The van der Waals surface area contributed by atoms with Crippen molar-refractivity contribution in [3.8, 4) is 5.75 Å².